The van der Waals surface area contributed by atoms with E-state index < -0.39 is 0 Å². The van der Waals surface area contributed by atoms with E-state index in [4.69, 9.17) is 10.5 Å². The third kappa shape index (κ3) is 5.91. The van der Waals surface area contributed by atoms with Crippen LogP contribution in [0.1, 0.15) is 65.2 Å². The second kappa shape index (κ2) is 9.32. The molecule has 0 spiro atoms. The maximum atomic E-state index is 12.2. The molecule has 1 aliphatic rings. The van der Waals surface area contributed by atoms with Crippen LogP contribution in [0.4, 0.5) is 0 Å². The van der Waals surface area contributed by atoms with Gasteiger partial charge in [-0.3, -0.25) is 4.79 Å². The Morgan fingerprint density at radius 1 is 1.37 bits per heavy atom. The van der Waals surface area contributed by atoms with Crippen molar-refractivity contribution in [2.75, 3.05) is 6.54 Å². The van der Waals surface area contributed by atoms with Gasteiger partial charge in [0, 0.05) is 12.6 Å². The molecule has 1 rings (SSSR count). The van der Waals surface area contributed by atoms with Crippen molar-refractivity contribution in [3.63, 3.8) is 0 Å². The first-order valence-corrected chi connectivity index (χ1v) is 7.87. The molecular weight excluding hydrogens is 240 g/mol. The molecule has 2 atom stereocenters. The fourth-order valence-corrected chi connectivity index (χ4v) is 2.59. The Bertz CT molecular complexity index is 253. The van der Waals surface area contributed by atoms with Gasteiger partial charge >= 0.3 is 0 Å². The monoisotopic (exact) mass is 270 g/mol. The molecule has 0 heterocycles. The van der Waals surface area contributed by atoms with Crippen LogP contribution in [0.25, 0.3) is 0 Å². The average molecular weight is 270 g/mol. The predicted octanol–water partition coefficient (Wildman–Crippen LogP) is 2.36. The molecule has 4 heteroatoms. The van der Waals surface area contributed by atoms with Gasteiger partial charge in [-0.25, -0.2) is 0 Å². The molecule has 1 amide bonds. The lowest BCUT2D eigenvalue weighted by atomic mass is 10.1. The fraction of sp³-hybridized carbons (Fsp3) is 0.933. The smallest absolute Gasteiger partial charge is 0.249 e. The van der Waals surface area contributed by atoms with E-state index in [0.717, 1.165) is 38.5 Å². The highest BCUT2D eigenvalue weighted by Crippen LogP contribution is 2.23. The normalized spacial score (nSPS) is 19.3. The average Bonchev–Trinajstić information content (AvgIpc) is 2.93. The van der Waals surface area contributed by atoms with Crippen LogP contribution in [0.15, 0.2) is 0 Å². The molecule has 0 radical (unpaired) electrons. The molecule has 0 aromatic carbocycles. The molecule has 0 aliphatic heterocycles. The zero-order valence-corrected chi connectivity index (χ0v) is 12.5. The highest BCUT2D eigenvalue weighted by Gasteiger charge is 2.25. The Labute approximate surface area is 117 Å². The van der Waals surface area contributed by atoms with Crippen molar-refractivity contribution in [1.82, 2.24) is 5.32 Å². The van der Waals surface area contributed by atoms with Crippen LogP contribution in [0.2, 0.25) is 0 Å². The minimum absolute atomic E-state index is 0.0148. The lowest BCUT2D eigenvalue weighted by Gasteiger charge is -2.23. The molecule has 1 aliphatic carbocycles. The van der Waals surface area contributed by atoms with Crippen molar-refractivity contribution in [2.45, 2.75) is 83.5 Å². The van der Waals surface area contributed by atoms with Crippen LogP contribution < -0.4 is 11.1 Å². The number of unbranched alkanes of at least 4 members (excludes halogenated alkanes) is 1. The van der Waals surface area contributed by atoms with E-state index in [2.05, 4.69) is 12.2 Å². The van der Waals surface area contributed by atoms with Crippen molar-refractivity contribution in [3.8, 4) is 0 Å². The molecule has 2 unspecified atom stereocenters. The standard InChI is InChI=1S/C15H30N2O2/c1-3-5-8-12(11-16)17-15(18)14(4-2)19-13-9-6-7-10-13/h12-14H,3-11,16H2,1-2H3,(H,17,18). The maximum Gasteiger partial charge on any atom is 0.249 e. The van der Waals surface area contributed by atoms with E-state index >= 15 is 0 Å². The molecule has 0 bridgehead atoms. The molecule has 19 heavy (non-hydrogen) atoms. The second-order valence-corrected chi connectivity index (χ2v) is 5.52. The number of amides is 1. The maximum absolute atomic E-state index is 12.2. The predicted molar refractivity (Wildman–Crippen MR) is 77.9 cm³/mol. The van der Waals surface area contributed by atoms with E-state index in [9.17, 15) is 4.79 Å². The van der Waals surface area contributed by atoms with Crippen LogP contribution in [-0.2, 0) is 9.53 Å². The van der Waals surface area contributed by atoms with Gasteiger partial charge in [-0.1, -0.05) is 39.5 Å². The van der Waals surface area contributed by atoms with Gasteiger partial charge < -0.3 is 15.8 Å². The van der Waals surface area contributed by atoms with E-state index in [1.54, 1.807) is 0 Å². The first kappa shape index (κ1) is 16.4. The molecule has 0 aromatic heterocycles. The number of nitrogens with two attached hydrogens (primary N) is 1. The minimum atomic E-state index is -0.307. The first-order valence-electron chi connectivity index (χ1n) is 7.87. The van der Waals surface area contributed by atoms with Gasteiger partial charge in [-0.15, -0.1) is 0 Å². The van der Waals surface area contributed by atoms with Gasteiger partial charge in [0.15, 0.2) is 0 Å². The zero-order valence-electron chi connectivity index (χ0n) is 12.5. The summed E-state index contributed by atoms with van der Waals surface area (Å²) in [5.74, 6) is 0.0148. The molecule has 0 aromatic rings. The Hall–Kier alpha value is -0.610. The summed E-state index contributed by atoms with van der Waals surface area (Å²) >= 11 is 0. The summed E-state index contributed by atoms with van der Waals surface area (Å²) in [6.07, 6.45) is 8.53. The minimum Gasteiger partial charge on any atom is -0.365 e. The lowest BCUT2D eigenvalue weighted by molar-refractivity contribution is -0.137. The van der Waals surface area contributed by atoms with Crippen molar-refractivity contribution in [2.24, 2.45) is 5.73 Å². The van der Waals surface area contributed by atoms with Gasteiger partial charge in [0.05, 0.1) is 6.10 Å². The van der Waals surface area contributed by atoms with Crippen LogP contribution >= 0.6 is 0 Å². The van der Waals surface area contributed by atoms with Crippen LogP contribution in [0.3, 0.4) is 0 Å². The second-order valence-electron chi connectivity index (χ2n) is 5.52. The van der Waals surface area contributed by atoms with Crippen LogP contribution in [0, 0.1) is 0 Å². The number of hydrogen-bond acceptors (Lipinski definition) is 3. The molecule has 1 saturated carbocycles. The lowest BCUT2D eigenvalue weighted by Crippen LogP contribution is -2.46. The number of ether oxygens (including phenoxy) is 1. The van der Waals surface area contributed by atoms with Gasteiger partial charge in [0.1, 0.15) is 6.10 Å². The van der Waals surface area contributed by atoms with Gasteiger partial charge in [0.2, 0.25) is 5.91 Å². The van der Waals surface area contributed by atoms with Crippen LogP contribution in [0.5, 0.6) is 0 Å². The first-order chi connectivity index (χ1) is 9.21. The number of carbonyl (C=O) groups is 1. The van der Waals surface area contributed by atoms with Gasteiger partial charge in [-0.2, -0.15) is 0 Å². The Morgan fingerprint density at radius 2 is 2.05 bits per heavy atom. The molecule has 112 valence electrons. The highest BCUT2D eigenvalue weighted by atomic mass is 16.5. The topological polar surface area (TPSA) is 64.3 Å². The van der Waals surface area contributed by atoms with E-state index in [0.29, 0.717) is 6.54 Å². The van der Waals surface area contributed by atoms with Crippen molar-refractivity contribution >= 4 is 5.91 Å². The summed E-state index contributed by atoms with van der Waals surface area (Å²) in [6.45, 7) is 4.65. The third-order valence-electron chi connectivity index (χ3n) is 3.86. The van der Waals surface area contributed by atoms with Crippen molar-refractivity contribution in [3.05, 3.63) is 0 Å². The quantitative estimate of drug-likeness (QED) is 0.676. The summed E-state index contributed by atoms with van der Waals surface area (Å²) in [4.78, 5) is 12.2. The highest BCUT2D eigenvalue weighted by molar-refractivity contribution is 5.81. The van der Waals surface area contributed by atoms with Crippen molar-refractivity contribution < 1.29 is 9.53 Å². The molecule has 1 fully saturated rings. The van der Waals surface area contributed by atoms with Crippen LogP contribution in [-0.4, -0.2) is 30.7 Å². The van der Waals surface area contributed by atoms with Gasteiger partial charge in [-0.05, 0) is 25.7 Å². The number of hydrogen-bond donors (Lipinski definition) is 2. The Balaban J connectivity index is 2.38. The number of nitrogens with one attached hydrogen (secondary N) is 1. The Morgan fingerprint density at radius 3 is 2.58 bits per heavy atom. The van der Waals surface area contributed by atoms with E-state index in [1.807, 2.05) is 6.92 Å². The summed E-state index contributed by atoms with van der Waals surface area (Å²) < 4.78 is 5.92. The fourth-order valence-electron chi connectivity index (χ4n) is 2.59. The molecular formula is C15H30N2O2. The molecule has 0 saturated heterocycles. The number of carbonyl (C=O) groups excluding carboxylic acids is 1. The SMILES string of the molecule is CCCCC(CN)NC(=O)C(CC)OC1CCCC1. The zero-order chi connectivity index (χ0) is 14.1. The van der Waals surface area contributed by atoms with Crippen molar-refractivity contribution in [1.29, 1.82) is 0 Å². The molecule has 4 nitrogen and oxygen atoms in total. The summed E-state index contributed by atoms with van der Waals surface area (Å²) in [6, 6.07) is 0.0914. The van der Waals surface area contributed by atoms with Gasteiger partial charge in [0.25, 0.3) is 0 Å². The summed E-state index contributed by atoms with van der Waals surface area (Å²) in [5, 5.41) is 3.04. The van der Waals surface area contributed by atoms with E-state index in [-0.39, 0.29) is 24.2 Å². The summed E-state index contributed by atoms with van der Waals surface area (Å²) in [5.41, 5.74) is 5.71. The largest absolute Gasteiger partial charge is 0.365 e. The third-order valence-corrected chi connectivity index (χ3v) is 3.86. The Kier molecular flexibility index (Phi) is 8.07. The molecule has 3 N–H and O–H groups in total. The summed E-state index contributed by atoms with van der Waals surface area (Å²) in [7, 11) is 0. The number of rotatable bonds is 9. The van der Waals surface area contributed by atoms with E-state index in [1.165, 1.54) is 12.8 Å².